The quantitative estimate of drug-likeness (QED) is 0.615. The number of nitrogens with zero attached hydrogens (tertiary/aromatic N) is 4. The molecule has 1 saturated carbocycles. The van der Waals surface area contributed by atoms with E-state index in [0.29, 0.717) is 23.5 Å². The normalized spacial score (nSPS) is 17.9. The summed E-state index contributed by atoms with van der Waals surface area (Å²) in [7, 11) is 0. The minimum absolute atomic E-state index is 0.133. The summed E-state index contributed by atoms with van der Waals surface area (Å²) in [5.74, 6) is 1.28. The van der Waals surface area contributed by atoms with Crippen LogP contribution in [0.2, 0.25) is 0 Å². The number of fused-ring (bicyclic) bond motifs is 1. The fraction of sp³-hybridized carbons (Fsp3) is 0.560. The van der Waals surface area contributed by atoms with Gasteiger partial charge in [0.25, 0.3) is 5.56 Å². The van der Waals surface area contributed by atoms with Gasteiger partial charge in [-0.25, -0.2) is 4.98 Å². The smallest absolute Gasteiger partial charge is 0.277 e. The summed E-state index contributed by atoms with van der Waals surface area (Å²) in [5.41, 5.74) is 3.88. The third-order valence-electron chi connectivity index (χ3n) is 6.87. The van der Waals surface area contributed by atoms with Crippen LogP contribution in [-0.2, 0) is 0 Å². The molecule has 2 aromatic heterocycles. The Morgan fingerprint density at radius 1 is 1.12 bits per heavy atom. The maximum Gasteiger partial charge on any atom is 0.277 e. The van der Waals surface area contributed by atoms with Gasteiger partial charge in [-0.05, 0) is 51.8 Å². The SMILES string of the molecule is CCOc1cc(N2CCCNCC2)ccc1-c1nc2c(C)nn(C3CCCCC3)c2c(=O)[nH]1. The number of aromatic amines is 1. The molecule has 176 valence electrons. The highest BCUT2D eigenvalue weighted by Crippen LogP contribution is 2.34. The van der Waals surface area contributed by atoms with Crippen molar-refractivity contribution >= 4 is 16.7 Å². The number of hydrogen-bond acceptors (Lipinski definition) is 6. The van der Waals surface area contributed by atoms with Gasteiger partial charge in [-0.1, -0.05) is 19.3 Å². The summed E-state index contributed by atoms with van der Waals surface area (Å²) >= 11 is 0. The van der Waals surface area contributed by atoms with Crippen LogP contribution >= 0.6 is 0 Å². The van der Waals surface area contributed by atoms with E-state index in [0.717, 1.165) is 68.1 Å². The molecule has 5 rings (SSSR count). The molecule has 2 N–H and O–H groups in total. The first kappa shape index (κ1) is 21.9. The molecule has 0 radical (unpaired) electrons. The third-order valence-corrected chi connectivity index (χ3v) is 6.87. The molecule has 0 amide bonds. The Hall–Kier alpha value is -2.87. The average Bonchev–Trinajstić information content (AvgIpc) is 3.00. The lowest BCUT2D eigenvalue weighted by Gasteiger charge is -2.23. The van der Waals surface area contributed by atoms with E-state index in [1.807, 2.05) is 24.6 Å². The Kier molecular flexibility index (Phi) is 6.35. The van der Waals surface area contributed by atoms with Crippen LogP contribution in [0.1, 0.15) is 57.2 Å². The van der Waals surface area contributed by atoms with E-state index in [1.54, 1.807) is 0 Å². The predicted octanol–water partition coefficient (Wildman–Crippen LogP) is 3.80. The molecule has 8 nitrogen and oxygen atoms in total. The first-order valence-electron chi connectivity index (χ1n) is 12.4. The molecule has 3 heterocycles. The Morgan fingerprint density at radius 3 is 2.79 bits per heavy atom. The minimum atomic E-state index is -0.133. The summed E-state index contributed by atoms with van der Waals surface area (Å²) in [5, 5.41) is 8.19. The topological polar surface area (TPSA) is 88.1 Å². The second-order valence-corrected chi connectivity index (χ2v) is 9.14. The number of nitrogens with one attached hydrogen (secondary N) is 2. The number of rotatable bonds is 5. The first-order valence-corrected chi connectivity index (χ1v) is 12.4. The molecule has 1 saturated heterocycles. The number of aromatic nitrogens is 4. The van der Waals surface area contributed by atoms with Crippen LogP contribution in [0.3, 0.4) is 0 Å². The maximum atomic E-state index is 13.3. The molecule has 33 heavy (non-hydrogen) atoms. The molecule has 1 aromatic carbocycles. The zero-order valence-corrected chi connectivity index (χ0v) is 19.7. The van der Waals surface area contributed by atoms with Gasteiger partial charge in [0.1, 0.15) is 17.1 Å². The van der Waals surface area contributed by atoms with Gasteiger partial charge in [0.2, 0.25) is 0 Å². The van der Waals surface area contributed by atoms with E-state index >= 15 is 0 Å². The summed E-state index contributed by atoms with van der Waals surface area (Å²) in [6, 6.07) is 6.48. The third kappa shape index (κ3) is 4.36. The van der Waals surface area contributed by atoms with Crippen LogP contribution in [0.25, 0.3) is 22.4 Å². The van der Waals surface area contributed by atoms with Crippen molar-refractivity contribution in [3.8, 4) is 17.1 Å². The van der Waals surface area contributed by atoms with Crippen molar-refractivity contribution < 1.29 is 4.74 Å². The molecule has 0 spiro atoms. The Bertz CT molecular complexity index is 1170. The van der Waals surface area contributed by atoms with Gasteiger partial charge < -0.3 is 19.9 Å². The fourth-order valence-corrected chi connectivity index (χ4v) is 5.19. The average molecular weight is 451 g/mol. The van der Waals surface area contributed by atoms with Gasteiger partial charge in [-0.2, -0.15) is 5.10 Å². The van der Waals surface area contributed by atoms with Crippen LogP contribution in [-0.4, -0.2) is 52.5 Å². The first-order chi connectivity index (χ1) is 16.2. The van der Waals surface area contributed by atoms with Crippen molar-refractivity contribution in [1.82, 2.24) is 25.1 Å². The van der Waals surface area contributed by atoms with Crippen molar-refractivity contribution in [1.29, 1.82) is 0 Å². The molecule has 0 atom stereocenters. The molecule has 1 aliphatic carbocycles. The largest absolute Gasteiger partial charge is 0.493 e. The van der Waals surface area contributed by atoms with Gasteiger partial charge in [-0.3, -0.25) is 9.48 Å². The van der Waals surface area contributed by atoms with E-state index in [4.69, 9.17) is 14.8 Å². The van der Waals surface area contributed by atoms with Crippen molar-refractivity contribution in [3.05, 3.63) is 34.2 Å². The molecule has 2 fully saturated rings. The highest BCUT2D eigenvalue weighted by molar-refractivity contribution is 5.80. The molecule has 3 aromatic rings. The molecular formula is C25H34N6O2. The molecule has 1 aliphatic heterocycles. The monoisotopic (exact) mass is 450 g/mol. The number of benzene rings is 1. The molecule has 2 aliphatic rings. The van der Waals surface area contributed by atoms with Crippen LogP contribution in [0.4, 0.5) is 5.69 Å². The van der Waals surface area contributed by atoms with E-state index in [1.165, 1.54) is 19.3 Å². The summed E-state index contributed by atoms with van der Waals surface area (Å²) < 4.78 is 7.94. The van der Waals surface area contributed by atoms with Crippen molar-refractivity contribution in [2.24, 2.45) is 0 Å². The number of hydrogen-bond donors (Lipinski definition) is 2. The highest BCUT2D eigenvalue weighted by Gasteiger charge is 2.23. The Balaban J connectivity index is 1.55. The Labute approximate surface area is 194 Å². The zero-order valence-electron chi connectivity index (χ0n) is 19.7. The standard InChI is InChI=1S/C25H34N6O2/c1-3-33-21-16-19(30-14-7-12-26-13-15-30)10-11-20(21)24-27-22-17(2)29-31(23(22)25(32)28-24)18-8-5-4-6-9-18/h10-11,16,18,26H,3-9,12-15H2,1-2H3,(H,27,28,32). The number of ether oxygens (including phenoxy) is 1. The lowest BCUT2D eigenvalue weighted by Crippen LogP contribution is -2.27. The second kappa shape index (κ2) is 9.55. The summed E-state index contributed by atoms with van der Waals surface area (Å²) in [6.07, 6.45) is 6.88. The lowest BCUT2D eigenvalue weighted by atomic mass is 9.95. The highest BCUT2D eigenvalue weighted by atomic mass is 16.5. The van der Waals surface area contributed by atoms with Crippen molar-refractivity contribution in [2.45, 2.75) is 58.4 Å². The van der Waals surface area contributed by atoms with Gasteiger partial charge in [-0.15, -0.1) is 0 Å². The zero-order chi connectivity index (χ0) is 22.8. The van der Waals surface area contributed by atoms with Gasteiger partial charge in [0.05, 0.1) is 23.9 Å². The molecule has 0 bridgehead atoms. The molecular weight excluding hydrogens is 416 g/mol. The fourth-order valence-electron chi connectivity index (χ4n) is 5.19. The number of anilines is 1. The van der Waals surface area contributed by atoms with Crippen LogP contribution in [0, 0.1) is 6.92 Å². The van der Waals surface area contributed by atoms with E-state index in [-0.39, 0.29) is 11.6 Å². The van der Waals surface area contributed by atoms with E-state index < -0.39 is 0 Å². The van der Waals surface area contributed by atoms with Crippen molar-refractivity contribution in [3.63, 3.8) is 0 Å². The maximum absolute atomic E-state index is 13.3. The van der Waals surface area contributed by atoms with Crippen molar-refractivity contribution in [2.75, 3.05) is 37.7 Å². The number of aryl methyl sites for hydroxylation is 1. The van der Waals surface area contributed by atoms with E-state index in [9.17, 15) is 4.79 Å². The van der Waals surface area contributed by atoms with Gasteiger partial charge >= 0.3 is 0 Å². The second-order valence-electron chi connectivity index (χ2n) is 9.14. The van der Waals surface area contributed by atoms with Crippen LogP contribution in [0.15, 0.2) is 23.0 Å². The lowest BCUT2D eigenvalue weighted by molar-refractivity contribution is 0.336. The van der Waals surface area contributed by atoms with Crippen LogP contribution < -0.4 is 20.5 Å². The summed E-state index contributed by atoms with van der Waals surface area (Å²) in [6.45, 7) is 8.46. The number of H-pyrrole nitrogens is 1. The van der Waals surface area contributed by atoms with Gasteiger partial charge in [0.15, 0.2) is 5.52 Å². The van der Waals surface area contributed by atoms with Gasteiger partial charge in [0, 0.05) is 31.4 Å². The predicted molar refractivity (Wildman–Crippen MR) is 131 cm³/mol. The molecule has 8 heteroatoms. The minimum Gasteiger partial charge on any atom is -0.493 e. The molecule has 0 unspecified atom stereocenters. The summed E-state index contributed by atoms with van der Waals surface area (Å²) in [4.78, 5) is 23.6. The van der Waals surface area contributed by atoms with E-state index in [2.05, 4.69) is 27.3 Å². The Morgan fingerprint density at radius 2 is 1.97 bits per heavy atom. The van der Waals surface area contributed by atoms with Crippen LogP contribution in [0.5, 0.6) is 5.75 Å².